The standard InChI is InChI=1S/C10H13NO3/c1-7(12)9(10(13)14-2)5-8-3-4-11-6-8/h3-4,6,9,11H,5H2,1-2H3. The SMILES string of the molecule is COC(=O)C(Cc1cc[nH]c1)C(C)=O. The summed E-state index contributed by atoms with van der Waals surface area (Å²) in [5.41, 5.74) is 0.926. The summed E-state index contributed by atoms with van der Waals surface area (Å²) < 4.78 is 4.55. The molecule has 0 aliphatic rings. The van der Waals surface area contributed by atoms with Crippen molar-refractivity contribution in [3.05, 3.63) is 24.0 Å². The zero-order chi connectivity index (χ0) is 10.6. The van der Waals surface area contributed by atoms with Gasteiger partial charge in [-0.05, 0) is 25.0 Å². The molecule has 14 heavy (non-hydrogen) atoms. The molecule has 0 aliphatic heterocycles. The van der Waals surface area contributed by atoms with E-state index in [4.69, 9.17) is 0 Å². The Morgan fingerprint density at radius 3 is 2.71 bits per heavy atom. The second kappa shape index (κ2) is 4.60. The lowest BCUT2D eigenvalue weighted by atomic mass is 9.98. The van der Waals surface area contributed by atoms with Crippen molar-refractivity contribution < 1.29 is 14.3 Å². The van der Waals surface area contributed by atoms with E-state index < -0.39 is 11.9 Å². The number of carbonyl (C=O) groups excluding carboxylic acids is 2. The van der Waals surface area contributed by atoms with Crippen molar-refractivity contribution in [2.75, 3.05) is 7.11 Å². The highest BCUT2D eigenvalue weighted by molar-refractivity contribution is 5.97. The number of Topliss-reactive ketones (excluding diaryl/α,β-unsaturated/α-hetero) is 1. The molecule has 1 unspecified atom stereocenters. The summed E-state index contributed by atoms with van der Waals surface area (Å²) in [5, 5.41) is 0. The van der Waals surface area contributed by atoms with Gasteiger partial charge in [0.15, 0.2) is 0 Å². The molecule has 0 spiro atoms. The maximum Gasteiger partial charge on any atom is 0.316 e. The minimum absolute atomic E-state index is 0.168. The van der Waals surface area contributed by atoms with E-state index >= 15 is 0 Å². The third-order valence-corrected chi connectivity index (χ3v) is 2.08. The van der Waals surface area contributed by atoms with E-state index in [9.17, 15) is 9.59 Å². The Labute approximate surface area is 82.3 Å². The summed E-state index contributed by atoms with van der Waals surface area (Å²) in [7, 11) is 1.29. The number of methoxy groups -OCH3 is 1. The number of carbonyl (C=O) groups is 2. The Kier molecular flexibility index (Phi) is 3.45. The van der Waals surface area contributed by atoms with E-state index in [0.29, 0.717) is 6.42 Å². The van der Waals surface area contributed by atoms with Crippen LogP contribution in [0.2, 0.25) is 0 Å². The average Bonchev–Trinajstić information content (AvgIpc) is 2.65. The van der Waals surface area contributed by atoms with Crippen LogP contribution < -0.4 is 0 Å². The first kappa shape index (κ1) is 10.5. The molecule has 76 valence electrons. The number of hydrogen-bond donors (Lipinski definition) is 1. The zero-order valence-corrected chi connectivity index (χ0v) is 8.24. The number of ketones is 1. The number of ether oxygens (including phenoxy) is 1. The molecule has 0 aromatic carbocycles. The smallest absolute Gasteiger partial charge is 0.316 e. The number of aromatic amines is 1. The van der Waals surface area contributed by atoms with Crippen LogP contribution in [0.4, 0.5) is 0 Å². The van der Waals surface area contributed by atoms with Gasteiger partial charge in [0.05, 0.1) is 7.11 Å². The van der Waals surface area contributed by atoms with Crippen molar-refractivity contribution >= 4 is 11.8 Å². The van der Waals surface area contributed by atoms with Gasteiger partial charge in [0.2, 0.25) is 0 Å². The second-order valence-electron chi connectivity index (χ2n) is 3.11. The highest BCUT2D eigenvalue weighted by atomic mass is 16.5. The van der Waals surface area contributed by atoms with Crippen LogP contribution in [0.15, 0.2) is 18.5 Å². The van der Waals surface area contributed by atoms with Crippen molar-refractivity contribution in [2.45, 2.75) is 13.3 Å². The van der Waals surface area contributed by atoms with E-state index in [1.54, 1.807) is 12.4 Å². The summed E-state index contributed by atoms with van der Waals surface area (Å²) in [6, 6.07) is 1.83. The van der Waals surface area contributed by atoms with Crippen LogP contribution in [-0.4, -0.2) is 23.8 Å². The van der Waals surface area contributed by atoms with Crippen LogP contribution in [0, 0.1) is 5.92 Å². The van der Waals surface area contributed by atoms with Gasteiger partial charge in [0.1, 0.15) is 11.7 Å². The maximum absolute atomic E-state index is 11.2. The molecular weight excluding hydrogens is 182 g/mol. The van der Waals surface area contributed by atoms with Crippen molar-refractivity contribution in [3.8, 4) is 0 Å². The number of H-pyrrole nitrogens is 1. The quantitative estimate of drug-likeness (QED) is 0.574. The molecule has 1 atom stereocenters. The normalized spacial score (nSPS) is 12.1. The largest absolute Gasteiger partial charge is 0.468 e. The van der Waals surface area contributed by atoms with E-state index in [0.717, 1.165) is 5.56 Å². The fourth-order valence-electron chi connectivity index (χ4n) is 1.26. The number of aromatic nitrogens is 1. The topological polar surface area (TPSA) is 59.2 Å². The Balaban J connectivity index is 2.70. The Morgan fingerprint density at radius 1 is 1.57 bits per heavy atom. The number of nitrogens with one attached hydrogen (secondary N) is 1. The van der Waals surface area contributed by atoms with Gasteiger partial charge in [-0.15, -0.1) is 0 Å². The fourth-order valence-corrected chi connectivity index (χ4v) is 1.26. The molecule has 1 aromatic rings. The molecule has 0 aliphatic carbocycles. The lowest BCUT2D eigenvalue weighted by Crippen LogP contribution is -2.25. The predicted molar refractivity (Wildman–Crippen MR) is 50.7 cm³/mol. The van der Waals surface area contributed by atoms with E-state index in [1.807, 2.05) is 6.07 Å². The molecule has 0 amide bonds. The maximum atomic E-state index is 11.2. The number of rotatable bonds is 4. The van der Waals surface area contributed by atoms with Crippen LogP contribution in [0.1, 0.15) is 12.5 Å². The van der Waals surface area contributed by atoms with Crippen LogP contribution in [0.25, 0.3) is 0 Å². The molecule has 4 nitrogen and oxygen atoms in total. The number of esters is 1. The van der Waals surface area contributed by atoms with Gasteiger partial charge < -0.3 is 9.72 Å². The minimum Gasteiger partial charge on any atom is -0.468 e. The first-order chi connectivity index (χ1) is 6.65. The van der Waals surface area contributed by atoms with Gasteiger partial charge in [0, 0.05) is 12.4 Å². The molecule has 0 saturated carbocycles. The van der Waals surface area contributed by atoms with Crippen LogP contribution >= 0.6 is 0 Å². The highest BCUT2D eigenvalue weighted by Gasteiger charge is 2.24. The van der Waals surface area contributed by atoms with E-state index in [-0.39, 0.29) is 5.78 Å². The molecule has 4 heteroatoms. The third-order valence-electron chi connectivity index (χ3n) is 2.08. The van der Waals surface area contributed by atoms with Crippen molar-refractivity contribution in [1.29, 1.82) is 0 Å². The molecule has 1 rings (SSSR count). The third kappa shape index (κ3) is 2.45. The van der Waals surface area contributed by atoms with E-state index in [1.165, 1.54) is 14.0 Å². The van der Waals surface area contributed by atoms with Gasteiger partial charge in [-0.3, -0.25) is 9.59 Å². The molecule has 0 fully saturated rings. The van der Waals surface area contributed by atoms with Gasteiger partial charge in [-0.25, -0.2) is 0 Å². The van der Waals surface area contributed by atoms with Gasteiger partial charge in [-0.1, -0.05) is 0 Å². The Bertz CT molecular complexity index is 316. The summed E-state index contributed by atoms with van der Waals surface area (Å²) >= 11 is 0. The molecule has 1 aromatic heterocycles. The summed E-state index contributed by atoms with van der Waals surface area (Å²) in [6.07, 6.45) is 3.91. The molecule has 0 radical (unpaired) electrons. The highest BCUT2D eigenvalue weighted by Crippen LogP contribution is 2.10. The second-order valence-corrected chi connectivity index (χ2v) is 3.11. The monoisotopic (exact) mass is 195 g/mol. The average molecular weight is 195 g/mol. The number of hydrogen-bond acceptors (Lipinski definition) is 3. The summed E-state index contributed by atoms with van der Waals surface area (Å²) in [6.45, 7) is 1.40. The van der Waals surface area contributed by atoms with E-state index in [2.05, 4.69) is 9.72 Å². The lowest BCUT2D eigenvalue weighted by Gasteiger charge is -2.09. The molecule has 1 heterocycles. The van der Waals surface area contributed by atoms with Gasteiger partial charge in [0.25, 0.3) is 0 Å². The van der Waals surface area contributed by atoms with Crippen molar-refractivity contribution in [2.24, 2.45) is 5.92 Å². The predicted octanol–water partition coefficient (Wildman–Crippen LogP) is 0.935. The molecule has 0 bridgehead atoms. The Hall–Kier alpha value is -1.58. The van der Waals surface area contributed by atoms with Crippen LogP contribution in [0.5, 0.6) is 0 Å². The first-order valence-corrected chi connectivity index (χ1v) is 4.35. The van der Waals surface area contributed by atoms with Gasteiger partial charge in [-0.2, -0.15) is 0 Å². The Morgan fingerprint density at radius 2 is 2.29 bits per heavy atom. The molecule has 0 saturated heterocycles. The molecule has 1 N–H and O–H groups in total. The van der Waals surface area contributed by atoms with Gasteiger partial charge >= 0.3 is 5.97 Å². The van der Waals surface area contributed by atoms with Crippen LogP contribution in [0.3, 0.4) is 0 Å². The lowest BCUT2D eigenvalue weighted by molar-refractivity contribution is -0.148. The zero-order valence-electron chi connectivity index (χ0n) is 8.24. The van der Waals surface area contributed by atoms with Crippen molar-refractivity contribution in [3.63, 3.8) is 0 Å². The summed E-state index contributed by atoms with van der Waals surface area (Å²) in [5.74, 6) is -1.33. The minimum atomic E-state index is -0.684. The van der Waals surface area contributed by atoms with Crippen LogP contribution in [-0.2, 0) is 20.7 Å². The molecular formula is C10H13NO3. The summed E-state index contributed by atoms with van der Waals surface area (Å²) in [4.78, 5) is 25.3. The van der Waals surface area contributed by atoms with Crippen molar-refractivity contribution in [1.82, 2.24) is 4.98 Å². The first-order valence-electron chi connectivity index (χ1n) is 4.35. The fraction of sp³-hybridized carbons (Fsp3) is 0.400.